The summed E-state index contributed by atoms with van der Waals surface area (Å²) in [5, 5.41) is 1.31. The van der Waals surface area contributed by atoms with Gasteiger partial charge in [-0.3, -0.25) is 0 Å². The van der Waals surface area contributed by atoms with E-state index in [2.05, 4.69) is 24.3 Å². The van der Waals surface area contributed by atoms with Gasteiger partial charge in [0.05, 0.1) is 30.3 Å². The average Bonchev–Trinajstić information content (AvgIpc) is 3.05. The molecule has 3 radical (unpaired) electrons. The minimum atomic E-state index is -1.06. The summed E-state index contributed by atoms with van der Waals surface area (Å²) in [5.74, 6) is 0.429. The second-order valence-corrected chi connectivity index (χ2v) is 8.49. The molecule has 5 heteroatoms. The zero-order valence-corrected chi connectivity index (χ0v) is 18.4. The van der Waals surface area contributed by atoms with Gasteiger partial charge in [0.1, 0.15) is 0 Å². The predicted molar refractivity (Wildman–Crippen MR) is 90.9 cm³/mol. The molecule has 2 aliphatic rings. The third kappa shape index (κ3) is 5.02. The van der Waals surface area contributed by atoms with Crippen LogP contribution >= 0.6 is 7.92 Å². The van der Waals surface area contributed by atoms with Crippen LogP contribution in [0.15, 0.2) is 30.3 Å². The molecule has 1 aliphatic carbocycles. The first-order valence-corrected chi connectivity index (χ1v) is 9.89. The van der Waals surface area contributed by atoms with Crippen LogP contribution in [0.5, 0.6) is 0 Å². The first kappa shape index (κ1) is 19.9. The van der Waals surface area contributed by atoms with Crippen molar-refractivity contribution in [3.05, 3.63) is 37.0 Å². The second kappa shape index (κ2) is 9.88. The first-order valence-electron chi connectivity index (χ1n) is 8.23. The third-order valence-electron chi connectivity index (χ3n) is 4.83. The van der Waals surface area contributed by atoms with Gasteiger partial charge in [0.2, 0.25) is 0 Å². The van der Waals surface area contributed by atoms with Gasteiger partial charge < -0.3 is 14.2 Å². The molecule has 1 heterocycles. The van der Waals surface area contributed by atoms with Gasteiger partial charge in [-0.05, 0) is 37.8 Å². The smallest absolute Gasteiger partial charge is 0.164 e. The van der Waals surface area contributed by atoms with Crippen LogP contribution in [0.1, 0.15) is 25.7 Å². The zero-order chi connectivity index (χ0) is 15.4. The Hall–Kier alpha value is 0.543. The standard InChI is InChI=1S/C18H26O3P.Np/c1-19-13-14-11-12-20-18(21-14)16-9-6-10-17(16)22(2)15-7-4-3-5-8-15;/h2-5,7-8,14,16-18,22H,6,9-13H2,1H3;/q+1;/t14-,16?,17?,18-;/m0./s1. The van der Waals surface area contributed by atoms with Crippen molar-refractivity contribution in [2.24, 2.45) is 5.92 Å². The molecule has 1 saturated heterocycles. The van der Waals surface area contributed by atoms with Gasteiger partial charge in [-0.15, -0.1) is 0 Å². The van der Waals surface area contributed by atoms with E-state index >= 15 is 0 Å². The minimum Gasteiger partial charge on any atom is -0.382 e. The fraction of sp³-hybridized carbons (Fsp3) is 0.611. The average molecular weight is 558 g/mol. The number of benzene rings is 1. The van der Waals surface area contributed by atoms with Gasteiger partial charge in [0.15, 0.2) is 13.0 Å². The van der Waals surface area contributed by atoms with Crippen LogP contribution in [-0.2, 0) is 14.2 Å². The predicted octanol–water partition coefficient (Wildman–Crippen LogP) is 3.14. The van der Waals surface area contributed by atoms with Gasteiger partial charge in [0.25, 0.3) is 0 Å². The van der Waals surface area contributed by atoms with Crippen LogP contribution < -0.4 is 5.30 Å². The van der Waals surface area contributed by atoms with Crippen LogP contribution in [0.25, 0.3) is 0 Å². The zero-order valence-electron chi connectivity index (χ0n) is 13.7. The molecule has 0 aromatic heterocycles. The van der Waals surface area contributed by atoms with Crippen molar-refractivity contribution in [3.63, 3.8) is 0 Å². The molecule has 23 heavy (non-hydrogen) atoms. The minimum absolute atomic E-state index is 0. The molecule has 3 rings (SSSR count). The molecule has 3 unspecified atom stereocenters. The van der Waals surface area contributed by atoms with Crippen molar-refractivity contribution in [1.29, 1.82) is 0 Å². The normalized spacial score (nSPS) is 32.3. The fourth-order valence-corrected chi connectivity index (χ4v) is 6.00. The monoisotopic (exact) mass is 557 g/mol. The Kier molecular flexibility index (Phi) is 8.53. The van der Waals surface area contributed by atoms with Crippen LogP contribution in [0, 0.1) is 42.5 Å². The van der Waals surface area contributed by atoms with Gasteiger partial charge in [0, 0.05) is 50.9 Å². The Morgan fingerprint density at radius 3 is 2.74 bits per heavy atom. The van der Waals surface area contributed by atoms with Crippen LogP contribution in [-0.4, -0.2) is 38.4 Å². The number of ether oxygens (including phenoxy) is 3. The van der Waals surface area contributed by atoms with Crippen LogP contribution in [0.3, 0.4) is 0 Å². The van der Waals surface area contributed by atoms with Crippen molar-refractivity contribution < 1.29 is 44.2 Å². The third-order valence-corrected chi connectivity index (χ3v) is 7.34. The van der Waals surface area contributed by atoms with E-state index in [0.717, 1.165) is 19.4 Å². The van der Waals surface area contributed by atoms with E-state index in [1.807, 2.05) is 6.07 Å². The molecule has 1 aromatic rings. The molecule has 2 fully saturated rings. The summed E-state index contributed by atoms with van der Waals surface area (Å²) in [5.41, 5.74) is 0.527. The molecule has 0 bridgehead atoms. The van der Waals surface area contributed by atoms with E-state index in [4.69, 9.17) is 20.9 Å². The Bertz CT molecular complexity index is 457. The molecule has 5 atom stereocenters. The summed E-state index contributed by atoms with van der Waals surface area (Å²) in [7, 11) is 0.663. The van der Waals surface area contributed by atoms with Crippen molar-refractivity contribution in [1.82, 2.24) is 0 Å². The number of rotatable bonds is 5. The molecule has 0 spiro atoms. The Labute approximate surface area is 163 Å². The molecule has 0 N–H and O–H groups in total. The molecule has 1 aromatic carbocycles. The molecular formula is C18H26NpO3P+. The first-order chi connectivity index (χ1) is 10.8. The van der Waals surface area contributed by atoms with E-state index in [-0.39, 0.29) is 42.3 Å². The quantitative estimate of drug-likeness (QED) is 0.521. The maximum absolute atomic E-state index is 6.66. The van der Waals surface area contributed by atoms with Gasteiger partial charge >= 0.3 is 0 Å². The molecule has 125 valence electrons. The van der Waals surface area contributed by atoms with Gasteiger partial charge in [-0.2, -0.15) is 0 Å². The topological polar surface area (TPSA) is 27.7 Å². The van der Waals surface area contributed by atoms with Crippen molar-refractivity contribution in [2.45, 2.75) is 43.7 Å². The van der Waals surface area contributed by atoms with E-state index < -0.39 is 7.92 Å². The maximum atomic E-state index is 6.66. The van der Waals surface area contributed by atoms with Crippen molar-refractivity contribution >= 4 is 13.2 Å². The van der Waals surface area contributed by atoms with Crippen LogP contribution in [0.2, 0.25) is 0 Å². The van der Waals surface area contributed by atoms with E-state index in [1.54, 1.807) is 7.11 Å². The molecule has 1 aliphatic heterocycles. The summed E-state index contributed by atoms with van der Waals surface area (Å²) in [4.78, 5) is 0. The summed E-state index contributed by atoms with van der Waals surface area (Å²) in [6.07, 6.45) is 4.56. The molecule has 3 nitrogen and oxygen atoms in total. The summed E-state index contributed by atoms with van der Waals surface area (Å²) < 4.78 is 17.3. The summed E-state index contributed by atoms with van der Waals surface area (Å²) in [6.45, 7) is 8.07. The molecular weight excluding hydrogens is 532 g/mol. The SMILES string of the molecule is [CH][PH+](c1ccccc1)C1CCCC1[C@H]1OCC[C@@H](COC)O1.[Np]. The summed E-state index contributed by atoms with van der Waals surface area (Å²) >= 11 is 0. The number of hydrogen-bond donors (Lipinski definition) is 0. The maximum Gasteiger partial charge on any atom is 0.164 e. The second-order valence-electron chi connectivity index (χ2n) is 6.26. The Morgan fingerprint density at radius 1 is 1.22 bits per heavy atom. The Balaban J connectivity index is 0.00000192. The van der Waals surface area contributed by atoms with Crippen molar-refractivity contribution in [2.75, 3.05) is 20.3 Å². The number of hydrogen-bond acceptors (Lipinski definition) is 3. The summed E-state index contributed by atoms with van der Waals surface area (Å²) in [6, 6.07) is 10.5. The molecule has 1 saturated carbocycles. The Morgan fingerprint density at radius 2 is 2.00 bits per heavy atom. The van der Waals surface area contributed by atoms with E-state index in [1.165, 1.54) is 18.1 Å². The largest absolute Gasteiger partial charge is 0.382 e. The van der Waals surface area contributed by atoms with Crippen molar-refractivity contribution in [3.8, 4) is 0 Å². The van der Waals surface area contributed by atoms with Gasteiger partial charge in [-0.25, -0.2) is 0 Å². The molecule has 0 amide bonds. The fourth-order valence-electron chi connectivity index (χ4n) is 3.69. The van der Waals surface area contributed by atoms with E-state index in [9.17, 15) is 0 Å². The van der Waals surface area contributed by atoms with Gasteiger partial charge in [-0.1, -0.05) is 18.2 Å². The number of methoxy groups -OCH3 is 1. The van der Waals surface area contributed by atoms with E-state index in [0.29, 0.717) is 18.2 Å². The van der Waals surface area contributed by atoms with Crippen LogP contribution in [0.4, 0.5) is 0 Å².